The number of aliphatic hydroxyl groups excluding tert-OH is 1. The van der Waals surface area contributed by atoms with Crippen LogP contribution in [0.3, 0.4) is 0 Å². The van der Waals surface area contributed by atoms with Crippen molar-refractivity contribution in [3.05, 3.63) is 54.1 Å². The van der Waals surface area contributed by atoms with Gasteiger partial charge in [-0.15, -0.1) is 0 Å². The van der Waals surface area contributed by atoms with Crippen LogP contribution in [-0.2, 0) is 0 Å². The minimum Gasteiger partial charge on any atom is -0.393 e. The summed E-state index contributed by atoms with van der Waals surface area (Å²) in [6, 6.07) is 8.64. The van der Waals surface area contributed by atoms with Crippen LogP contribution in [0.5, 0.6) is 0 Å². The van der Waals surface area contributed by atoms with Crippen molar-refractivity contribution in [3.63, 3.8) is 0 Å². The lowest BCUT2D eigenvalue weighted by Crippen LogP contribution is -2.27. The van der Waals surface area contributed by atoms with Gasteiger partial charge in [0.25, 0.3) is 0 Å². The number of aromatic nitrogens is 2. The van der Waals surface area contributed by atoms with E-state index in [0.29, 0.717) is 5.92 Å². The molecule has 3 rings (SSSR count). The molecule has 3 nitrogen and oxygen atoms in total. The fraction of sp³-hybridized carbons (Fsp3) is 0.526. The summed E-state index contributed by atoms with van der Waals surface area (Å²) in [5.41, 5.74) is 2.56. The molecular formula is C19H26N2O. The van der Waals surface area contributed by atoms with Crippen molar-refractivity contribution in [1.29, 1.82) is 0 Å². The molecule has 0 bridgehead atoms. The fourth-order valence-corrected chi connectivity index (χ4v) is 3.76. The first-order chi connectivity index (χ1) is 10.8. The first-order valence-electron chi connectivity index (χ1n) is 8.46. The van der Waals surface area contributed by atoms with E-state index in [1.807, 2.05) is 18.7 Å². The van der Waals surface area contributed by atoms with Crippen molar-refractivity contribution >= 4 is 0 Å². The van der Waals surface area contributed by atoms with Crippen molar-refractivity contribution in [2.45, 2.75) is 57.6 Å². The summed E-state index contributed by atoms with van der Waals surface area (Å²) in [5, 5.41) is 10.8. The summed E-state index contributed by atoms with van der Waals surface area (Å²) in [7, 11) is 0. The fourth-order valence-electron chi connectivity index (χ4n) is 3.76. The highest BCUT2D eigenvalue weighted by Crippen LogP contribution is 2.33. The summed E-state index contributed by atoms with van der Waals surface area (Å²) in [6.45, 7) is 2.15. The molecule has 0 amide bonds. The third-order valence-corrected chi connectivity index (χ3v) is 5.09. The minimum absolute atomic E-state index is 0.167. The first kappa shape index (κ1) is 15.3. The maximum Gasteiger partial charge on any atom is 0.0951 e. The van der Waals surface area contributed by atoms with E-state index in [9.17, 15) is 5.11 Å². The lowest BCUT2D eigenvalue weighted by atomic mass is 9.82. The van der Waals surface area contributed by atoms with Gasteiger partial charge in [0, 0.05) is 12.4 Å². The van der Waals surface area contributed by atoms with Gasteiger partial charge in [0.05, 0.1) is 18.5 Å². The minimum atomic E-state index is -0.229. The van der Waals surface area contributed by atoms with E-state index in [1.54, 1.807) is 0 Å². The zero-order valence-corrected chi connectivity index (χ0v) is 13.4. The molecule has 22 heavy (non-hydrogen) atoms. The molecule has 2 atom stereocenters. The Kier molecular flexibility index (Phi) is 4.94. The van der Waals surface area contributed by atoms with Gasteiger partial charge in [-0.05, 0) is 43.2 Å². The molecule has 1 aromatic heterocycles. The van der Waals surface area contributed by atoms with Gasteiger partial charge in [-0.3, -0.25) is 0 Å². The van der Waals surface area contributed by atoms with Crippen molar-refractivity contribution in [2.75, 3.05) is 0 Å². The number of hydrogen-bond acceptors (Lipinski definition) is 2. The molecule has 0 saturated heterocycles. The molecule has 1 aliphatic carbocycles. The van der Waals surface area contributed by atoms with E-state index in [2.05, 4.69) is 40.7 Å². The first-order valence-corrected chi connectivity index (χ1v) is 8.46. The Morgan fingerprint density at radius 2 is 2.00 bits per heavy atom. The molecule has 1 heterocycles. The third-order valence-electron chi connectivity index (χ3n) is 5.09. The Labute approximate surface area is 133 Å². The number of nitrogens with zero attached hydrogens (tertiary/aromatic N) is 2. The predicted molar refractivity (Wildman–Crippen MR) is 88.7 cm³/mol. The second kappa shape index (κ2) is 7.10. The summed E-state index contributed by atoms with van der Waals surface area (Å²) < 4.78 is 2.13. The van der Waals surface area contributed by atoms with Gasteiger partial charge in [0.2, 0.25) is 0 Å². The number of aryl methyl sites for hydroxylation is 1. The number of rotatable bonds is 5. The van der Waals surface area contributed by atoms with Crippen LogP contribution < -0.4 is 0 Å². The van der Waals surface area contributed by atoms with Crippen LogP contribution in [0.2, 0.25) is 0 Å². The van der Waals surface area contributed by atoms with Crippen LogP contribution >= 0.6 is 0 Å². The number of benzene rings is 1. The van der Waals surface area contributed by atoms with E-state index >= 15 is 0 Å². The van der Waals surface area contributed by atoms with Crippen LogP contribution in [0.25, 0.3) is 0 Å². The van der Waals surface area contributed by atoms with E-state index in [0.717, 1.165) is 6.42 Å². The third kappa shape index (κ3) is 3.41. The molecular weight excluding hydrogens is 272 g/mol. The zero-order chi connectivity index (χ0) is 15.4. The van der Waals surface area contributed by atoms with Gasteiger partial charge < -0.3 is 9.67 Å². The van der Waals surface area contributed by atoms with E-state index in [1.165, 1.54) is 43.2 Å². The lowest BCUT2D eigenvalue weighted by molar-refractivity contribution is 0.0678. The molecule has 0 aliphatic heterocycles. The monoisotopic (exact) mass is 298 g/mol. The maximum absolute atomic E-state index is 10.8. The number of aliphatic hydroxyl groups is 1. The van der Waals surface area contributed by atoms with Crippen LogP contribution in [0.4, 0.5) is 0 Å². The van der Waals surface area contributed by atoms with Gasteiger partial charge in [0.15, 0.2) is 0 Å². The topological polar surface area (TPSA) is 38.0 Å². The average molecular weight is 298 g/mol. The number of imidazole rings is 1. The van der Waals surface area contributed by atoms with Gasteiger partial charge in [-0.25, -0.2) is 4.98 Å². The summed E-state index contributed by atoms with van der Waals surface area (Å²) in [4.78, 5) is 4.20. The second-order valence-electron chi connectivity index (χ2n) is 6.58. The molecule has 118 valence electrons. The molecule has 1 aliphatic rings. The normalized spacial score (nSPS) is 19.0. The van der Waals surface area contributed by atoms with E-state index in [4.69, 9.17) is 0 Å². The van der Waals surface area contributed by atoms with Crippen molar-refractivity contribution in [1.82, 2.24) is 9.55 Å². The summed E-state index contributed by atoms with van der Waals surface area (Å²) >= 11 is 0. The second-order valence-corrected chi connectivity index (χ2v) is 6.58. The molecule has 1 aromatic carbocycles. The largest absolute Gasteiger partial charge is 0.393 e. The van der Waals surface area contributed by atoms with E-state index in [-0.39, 0.29) is 12.1 Å². The molecule has 2 aromatic rings. The van der Waals surface area contributed by atoms with Gasteiger partial charge in [-0.2, -0.15) is 0 Å². The number of hydrogen-bond donors (Lipinski definition) is 1. The lowest BCUT2D eigenvalue weighted by Gasteiger charge is -2.30. The van der Waals surface area contributed by atoms with Crippen molar-refractivity contribution < 1.29 is 5.11 Å². The summed E-state index contributed by atoms with van der Waals surface area (Å²) in [6.07, 6.45) is 12.4. The molecule has 1 saturated carbocycles. The van der Waals surface area contributed by atoms with Crippen LogP contribution in [0, 0.1) is 12.8 Å². The molecule has 0 radical (unpaired) electrons. The van der Waals surface area contributed by atoms with Crippen LogP contribution in [-0.4, -0.2) is 20.8 Å². The van der Waals surface area contributed by atoms with E-state index < -0.39 is 0 Å². The zero-order valence-electron chi connectivity index (χ0n) is 13.4. The predicted octanol–water partition coefficient (Wildman–Crippen LogP) is 4.11. The molecule has 2 unspecified atom stereocenters. The molecule has 0 spiro atoms. The highest BCUT2D eigenvalue weighted by atomic mass is 16.3. The Morgan fingerprint density at radius 3 is 2.68 bits per heavy atom. The summed E-state index contributed by atoms with van der Waals surface area (Å²) in [5.74, 6) is 0.462. The quantitative estimate of drug-likeness (QED) is 0.902. The van der Waals surface area contributed by atoms with Gasteiger partial charge in [0.1, 0.15) is 0 Å². The van der Waals surface area contributed by atoms with Crippen molar-refractivity contribution in [2.24, 2.45) is 5.92 Å². The Hall–Kier alpha value is -1.61. The van der Waals surface area contributed by atoms with Crippen LogP contribution in [0.15, 0.2) is 43.0 Å². The maximum atomic E-state index is 10.8. The Morgan fingerprint density at radius 1 is 1.23 bits per heavy atom. The SMILES string of the molecule is Cc1ccccc1C(CC(O)C1CCCCC1)n1ccnc1. The smallest absolute Gasteiger partial charge is 0.0951 e. The average Bonchev–Trinajstić information content (AvgIpc) is 3.08. The molecule has 1 N–H and O–H groups in total. The molecule has 3 heteroatoms. The Balaban J connectivity index is 1.82. The molecule has 1 fully saturated rings. The Bertz CT molecular complexity index is 573. The van der Waals surface area contributed by atoms with Gasteiger partial charge >= 0.3 is 0 Å². The highest BCUT2D eigenvalue weighted by molar-refractivity contribution is 5.29. The van der Waals surface area contributed by atoms with Gasteiger partial charge in [-0.1, -0.05) is 43.5 Å². The van der Waals surface area contributed by atoms with Crippen LogP contribution in [0.1, 0.15) is 55.7 Å². The highest BCUT2D eigenvalue weighted by Gasteiger charge is 2.26. The van der Waals surface area contributed by atoms with Crippen molar-refractivity contribution in [3.8, 4) is 0 Å². The standard InChI is InChI=1S/C19H26N2O/c1-15-7-5-6-10-17(15)18(21-12-11-20-14-21)13-19(22)16-8-3-2-4-9-16/h5-7,10-12,14,16,18-19,22H,2-4,8-9,13H2,1H3.